The smallest absolute Gasteiger partial charge is 0.224 e. The van der Waals surface area contributed by atoms with E-state index in [9.17, 15) is 4.79 Å². The lowest BCUT2D eigenvalue weighted by Gasteiger charge is -2.13. The first-order valence-corrected chi connectivity index (χ1v) is 13.9. The van der Waals surface area contributed by atoms with Crippen LogP contribution in [0.2, 0.25) is 0 Å². The molecule has 1 heterocycles. The Morgan fingerprint density at radius 3 is 2.58 bits per heavy atom. The Kier molecular flexibility index (Phi) is 10.6. The number of aryl methyl sites for hydroxylation is 1. The fraction of sp³-hybridized carbons (Fsp3) is 0.333. The lowest BCUT2D eigenvalue weighted by Crippen LogP contribution is -2.26. The van der Waals surface area contributed by atoms with Gasteiger partial charge >= 0.3 is 0 Å². The molecule has 1 N–H and O–H groups in total. The predicted molar refractivity (Wildman–Crippen MR) is 159 cm³/mol. The third-order valence-electron chi connectivity index (χ3n) is 6.85. The van der Waals surface area contributed by atoms with Gasteiger partial charge in [-0.25, -0.2) is 4.98 Å². The van der Waals surface area contributed by atoms with Crippen LogP contribution in [-0.2, 0) is 30.6 Å². The molecule has 7 nitrogen and oxygen atoms in total. The molecule has 0 aliphatic carbocycles. The Bertz CT molecular complexity index is 1410. The molecule has 0 unspecified atom stereocenters. The van der Waals surface area contributed by atoms with E-state index >= 15 is 0 Å². The van der Waals surface area contributed by atoms with Crippen LogP contribution in [0.15, 0.2) is 79.4 Å². The zero-order chi connectivity index (χ0) is 28.2. The molecule has 210 valence electrons. The van der Waals surface area contributed by atoms with Gasteiger partial charge in [0.15, 0.2) is 11.5 Å². The molecule has 0 saturated carbocycles. The molecule has 0 bridgehead atoms. The highest BCUT2D eigenvalue weighted by Crippen LogP contribution is 2.27. The summed E-state index contributed by atoms with van der Waals surface area (Å²) < 4.78 is 19.0. The first-order valence-electron chi connectivity index (χ1n) is 13.9. The Morgan fingerprint density at radius 2 is 1.75 bits per heavy atom. The van der Waals surface area contributed by atoms with Crippen LogP contribution in [0.3, 0.4) is 0 Å². The maximum absolute atomic E-state index is 12.4. The largest absolute Gasteiger partial charge is 0.493 e. The van der Waals surface area contributed by atoms with Gasteiger partial charge in [-0.1, -0.05) is 48.9 Å². The van der Waals surface area contributed by atoms with Crippen molar-refractivity contribution in [3.05, 3.63) is 96.3 Å². The van der Waals surface area contributed by atoms with Gasteiger partial charge in [0.2, 0.25) is 5.91 Å². The van der Waals surface area contributed by atoms with Gasteiger partial charge in [0.1, 0.15) is 18.2 Å². The number of rotatable bonds is 16. The number of carbonyl (C=O) groups excluding carboxylic acids is 1. The van der Waals surface area contributed by atoms with Gasteiger partial charge in [-0.15, -0.1) is 6.58 Å². The summed E-state index contributed by atoms with van der Waals surface area (Å²) in [5.74, 6) is 3.26. The molecule has 4 aromatic rings. The maximum atomic E-state index is 12.4. The molecular formula is C33H39N3O4. The van der Waals surface area contributed by atoms with Crippen LogP contribution >= 0.6 is 0 Å². The first-order chi connectivity index (χ1) is 19.6. The lowest BCUT2D eigenvalue weighted by atomic mass is 10.1. The van der Waals surface area contributed by atoms with Gasteiger partial charge in [-0.05, 0) is 60.7 Å². The van der Waals surface area contributed by atoms with E-state index in [1.807, 2.05) is 48.5 Å². The van der Waals surface area contributed by atoms with Gasteiger partial charge in [-0.2, -0.15) is 0 Å². The molecule has 4 rings (SSSR count). The number of nitrogens with one attached hydrogen (secondary N) is 1. The third-order valence-corrected chi connectivity index (χ3v) is 6.85. The van der Waals surface area contributed by atoms with Crippen LogP contribution < -0.4 is 19.5 Å². The van der Waals surface area contributed by atoms with E-state index in [-0.39, 0.29) is 5.91 Å². The number of ether oxygens (including phenoxy) is 3. The van der Waals surface area contributed by atoms with E-state index in [0.29, 0.717) is 31.1 Å². The number of hydrogen-bond donors (Lipinski definition) is 1. The number of methoxy groups -OCH3 is 2. The molecule has 0 aliphatic rings. The predicted octanol–water partition coefficient (Wildman–Crippen LogP) is 5.93. The normalized spacial score (nSPS) is 10.8. The molecule has 7 heteroatoms. The van der Waals surface area contributed by atoms with E-state index in [0.717, 1.165) is 72.4 Å². The van der Waals surface area contributed by atoms with Gasteiger partial charge < -0.3 is 24.1 Å². The number of carbonyl (C=O) groups is 1. The van der Waals surface area contributed by atoms with Crippen molar-refractivity contribution in [2.75, 3.05) is 27.4 Å². The van der Waals surface area contributed by atoms with Gasteiger partial charge in [-0.3, -0.25) is 4.79 Å². The number of aromatic nitrogens is 2. The van der Waals surface area contributed by atoms with Crippen LogP contribution in [0.5, 0.6) is 17.2 Å². The summed E-state index contributed by atoms with van der Waals surface area (Å²) in [4.78, 5) is 17.3. The molecule has 1 amide bonds. The summed E-state index contributed by atoms with van der Waals surface area (Å²) in [7, 11) is 3.19. The first kappa shape index (κ1) is 28.7. The molecule has 0 atom stereocenters. The second kappa shape index (κ2) is 14.8. The minimum Gasteiger partial charge on any atom is -0.493 e. The number of nitrogens with zero attached hydrogens (tertiary/aromatic N) is 2. The average molecular weight is 542 g/mol. The van der Waals surface area contributed by atoms with E-state index < -0.39 is 0 Å². The van der Waals surface area contributed by atoms with Crippen molar-refractivity contribution >= 4 is 16.9 Å². The molecule has 40 heavy (non-hydrogen) atoms. The lowest BCUT2D eigenvalue weighted by molar-refractivity contribution is -0.120. The fourth-order valence-corrected chi connectivity index (χ4v) is 4.83. The van der Waals surface area contributed by atoms with Crippen molar-refractivity contribution in [1.29, 1.82) is 0 Å². The number of hydrogen-bond acceptors (Lipinski definition) is 5. The third kappa shape index (κ3) is 7.65. The van der Waals surface area contributed by atoms with Crippen molar-refractivity contribution in [2.45, 2.75) is 45.1 Å². The molecule has 0 saturated heterocycles. The monoisotopic (exact) mass is 541 g/mol. The fourth-order valence-electron chi connectivity index (χ4n) is 4.83. The Balaban J connectivity index is 1.24. The highest BCUT2D eigenvalue weighted by Gasteiger charge is 2.12. The highest BCUT2D eigenvalue weighted by molar-refractivity contribution is 5.78. The van der Waals surface area contributed by atoms with Crippen LogP contribution in [0.4, 0.5) is 0 Å². The topological polar surface area (TPSA) is 74.6 Å². The Labute approximate surface area is 236 Å². The SMILES string of the molecule is C=CCc1ccccc1OCCn1c(CCCCCNC(=O)Cc2ccc(OC)c(OC)c2)nc2ccccc21. The standard InChI is InChI=1S/C33H39N3O4/c1-4-12-26-13-7-10-16-29(26)40-22-21-36-28-15-9-8-14-27(28)35-32(36)17-6-5-11-20-34-33(37)24-25-18-19-30(38-2)31(23-25)39-3/h4,7-10,13-16,18-19,23H,1,5-6,11-12,17,20-22,24H2,2-3H3,(H,34,37). The van der Waals surface area contributed by atoms with E-state index in [4.69, 9.17) is 19.2 Å². The van der Waals surface area contributed by atoms with Gasteiger partial charge in [0.25, 0.3) is 0 Å². The number of fused-ring (bicyclic) bond motifs is 1. The summed E-state index contributed by atoms with van der Waals surface area (Å²) >= 11 is 0. The van der Waals surface area contributed by atoms with Crippen LogP contribution in [-0.4, -0.2) is 42.8 Å². The molecule has 0 fully saturated rings. The minimum absolute atomic E-state index is 0.00340. The summed E-state index contributed by atoms with van der Waals surface area (Å²) in [6.07, 6.45) is 6.79. The number of imidazole rings is 1. The molecule has 0 radical (unpaired) electrons. The summed E-state index contributed by atoms with van der Waals surface area (Å²) in [5, 5.41) is 3.03. The second-order valence-electron chi connectivity index (χ2n) is 9.64. The summed E-state index contributed by atoms with van der Waals surface area (Å²) in [5.41, 5.74) is 4.17. The molecular weight excluding hydrogens is 502 g/mol. The van der Waals surface area contributed by atoms with Crippen molar-refractivity contribution in [2.24, 2.45) is 0 Å². The molecule has 0 aliphatic heterocycles. The van der Waals surface area contributed by atoms with Gasteiger partial charge in [0.05, 0.1) is 38.2 Å². The molecule has 3 aromatic carbocycles. The summed E-state index contributed by atoms with van der Waals surface area (Å²) in [6.45, 7) is 5.79. The number of unbranched alkanes of at least 4 members (excludes halogenated alkanes) is 2. The number of allylic oxidation sites excluding steroid dienone is 1. The van der Waals surface area contributed by atoms with Crippen molar-refractivity contribution in [1.82, 2.24) is 14.9 Å². The quantitative estimate of drug-likeness (QED) is 0.141. The van der Waals surface area contributed by atoms with Crippen LogP contribution in [0.1, 0.15) is 36.2 Å². The van der Waals surface area contributed by atoms with E-state index in [2.05, 4.69) is 40.7 Å². The van der Waals surface area contributed by atoms with Crippen molar-refractivity contribution in [3.63, 3.8) is 0 Å². The van der Waals surface area contributed by atoms with E-state index in [1.165, 1.54) is 0 Å². The van der Waals surface area contributed by atoms with Crippen LogP contribution in [0, 0.1) is 0 Å². The Hall–Kier alpha value is -4.26. The van der Waals surface area contributed by atoms with Crippen molar-refractivity contribution < 1.29 is 19.0 Å². The van der Waals surface area contributed by atoms with Gasteiger partial charge in [0, 0.05) is 13.0 Å². The molecule has 1 aromatic heterocycles. The maximum Gasteiger partial charge on any atom is 0.224 e. The van der Waals surface area contributed by atoms with E-state index in [1.54, 1.807) is 14.2 Å². The number of benzene rings is 3. The highest BCUT2D eigenvalue weighted by atomic mass is 16.5. The zero-order valence-electron chi connectivity index (χ0n) is 23.5. The number of amides is 1. The zero-order valence-corrected chi connectivity index (χ0v) is 23.5. The summed E-state index contributed by atoms with van der Waals surface area (Å²) in [6, 6.07) is 21.9. The van der Waals surface area contributed by atoms with Crippen molar-refractivity contribution in [3.8, 4) is 17.2 Å². The van der Waals surface area contributed by atoms with Crippen LogP contribution in [0.25, 0.3) is 11.0 Å². The molecule has 0 spiro atoms. The average Bonchev–Trinajstić information content (AvgIpc) is 3.33. The minimum atomic E-state index is 0.00340. The number of para-hydroxylation sites is 3. The second-order valence-corrected chi connectivity index (χ2v) is 9.64. The Morgan fingerprint density at radius 1 is 0.950 bits per heavy atom.